The fourth-order valence-electron chi connectivity index (χ4n) is 2.86. The standard InChI is InChI=1S/C18H20O4/c1-4-14(12-5-7-13(19-2)8-6-12)15-9-17-18(22-11-21-17)10-16(15)20-3/h5-10,14H,4,11H2,1-3H3/t14-/m0/s1. The smallest absolute Gasteiger partial charge is 0.231 e. The van der Waals surface area contributed by atoms with E-state index in [1.165, 1.54) is 5.56 Å². The summed E-state index contributed by atoms with van der Waals surface area (Å²) in [5.41, 5.74) is 2.33. The second-order valence-electron chi connectivity index (χ2n) is 5.18. The van der Waals surface area contributed by atoms with Gasteiger partial charge in [0.2, 0.25) is 6.79 Å². The van der Waals surface area contributed by atoms with Crippen molar-refractivity contribution in [2.45, 2.75) is 19.3 Å². The highest BCUT2D eigenvalue weighted by atomic mass is 16.7. The van der Waals surface area contributed by atoms with Crippen LogP contribution < -0.4 is 18.9 Å². The second-order valence-corrected chi connectivity index (χ2v) is 5.18. The molecular formula is C18H20O4. The van der Waals surface area contributed by atoms with Crippen molar-refractivity contribution >= 4 is 0 Å². The van der Waals surface area contributed by atoms with Gasteiger partial charge in [-0.05, 0) is 30.2 Å². The molecule has 0 radical (unpaired) electrons. The van der Waals surface area contributed by atoms with Gasteiger partial charge in [-0.25, -0.2) is 0 Å². The second kappa shape index (κ2) is 6.18. The summed E-state index contributed by atoms with van der Waals surface area (Å²) in [7, 11) is 3.36. The van der Waals surface area contributed by atoms with Crippen LogP contribution in [0.15, 0.2) is 36.4 Å². The summed E-state index contributed by atoms with van der Waals surface area (Å²) in [6.45, 7) is 2.43. The van der Waals surface area contributed by atoms with Crippen molar-refractivity contribution < 1.29 is 18.9 Å². The van der Waals surface area contributed by atoms with Gasteiger partial charge in [-0.3, -0.25) is 0 Å². The van der Waals surface area contributed by atoms with Crippen molar-refractivity contribution in [2.75, 3.05) is 21.0 Å². The average Bonchev–Trinajstić information content (AvgIpc) is 3.02. The molecule has 4 nitrogen and oxygen atoms in total. The van der Waals surface area contributed by atoms with E-state index in [0.29, 0.717) is 0 Å². The maximum absolute atomic E-state index is 5.56. The molecule has 22 heavy (non-hydrogen) atoms. The summed E-state index contributed by atoms with van der Waals surface area (Å²) >= 11 is 0. The van der Waals surface area contributed by atoms with Crippen LogP contribution in [0.2, 0.25) is 0 Å². The third-order valence-corrected chi connectivity index (χ3v) is 4.03. The highest BCUT2D eigenvalue weighted by Crippen LogP contribution is 2.43. The van der Waals surface area contributed by atoms with Gasteiger partial charge in [0.1, 0.15) is 11.5 Å². The zero-order chi connectivity index (χ0) is 15.5. The van der Waals surface area contributed by atoms with Crippen LogP contribution >= 0.6 is 0 Å². The number of methoxy groups -OCH3 is 2. The van der Waals surface area contributed by atoms with Crippen molar-refractivity contribution in [3.05, 3.63) is 47.5 Å². The zero-order valence-corrected chi connectivity index (χ0v) is 13.1. The molecule has 2 aromatic carbocycles. The minimum Gasteiger partial charge on any atom is -0.497 e. The first-order valence-electron chi connectivity index (χ1n) is 7.38. The summed E-state index contributed by atoms with van der Waals surface area (Å²) in [5, 5.41) is 0. The van der Waals surface area contributed by atoms with E-state index in [2.05, 4.69) is 19.1 Å². The third kappa shape index (κ3) is 2.56. The van der Waals surface area contributed by atoms with Crippen LogP contribution in [0.25, 0.3) is 0 Å². The molecule has 4 heteroatoms. The van der Waals surface area contributed by atoms with Gasteiger partial charge >= 0.3 is 0 Å². The van der Waals surface area contributed by atoms with Crippen LogP contribution in [-0.2, 0) is 0 Å². The maximum Gasteiger partial charge on any atom is 0.231 e. The molecule has 1 heterocycles. The van der Waals surface area contributed by atoms with Crippen LogP contribution in [0.1, 0.15) is 30.4 Å². The summed E-state index contributed by atoms with van der Waals surface area (Å²) in [6.07, 6.45) is 0.961. The summed E-state index contributed by atoms with van der Waals surface area (Å²) in [6, 6.07) is 12.1. The first kappa shape index (κ1) is 14.6. The Hall–Kier alpha value is -2.36. The predicted molar refractivity (Wildman–Crippen MR) is 84.2 cm³/mol. The highest BCUT2D eigenvalue weighted by Gasteiger charge is 2.23. The molecule has 1 aliphatic rings. The van der Waals surface area contributed by atoms with Crippen LogP contribution in [0, 0.1) is 0 Å². The van der Waals surface area contributed by atoms with Gasteiger partial charge in [0, 0.05) is 17.5 Å². The van der Waals surface area contributed by atoms with Gasteiger partial charge in [-0.2, -0.15) is 0 Å². The third-order valence-electron chi connectivity index (χ3n) is 4.03. The van der Waals surface area contributed by atoms with E-state index in [1.807, 2.05) is 24.3 Å². The minimum absolute atomic E-state index is 0.232. The monoisotopic (exact) mass is 300 g/mol. The van der Waals surface area contributed by atoms with Crippen molar-refractivity contribution in [3.8, 4) is 23.0 Å². The van der Waals surface area contributed by atoms with Gasteiger partial charge in [0.05, 0.1) is 14.2 Å². The molecule has 0 unspecified atom stereocenters. The van der Waals surface area contributed by atoms with E-state index in [4.69, 9.17) is 18.9 Å². The van der Waals surface area contributed by atoms with E-state index >= 15 is 0 Å². The van der Waals surface area contributed by atoms with E-state index < -0.39 is 0 Å². The lowest BCUT2D eigenvalue weighted by molar-refractivity contribution is 0.174. The van der Waals surface area contributed by atoms with Gasteiger partial charge in [0.15, 0.2) is 11.5 Å². The van der Waals surface area contributed by atoms with Gasteiger partial charge in [-0.1, -0.05) is 19.1 Å². The Kier molecular flexibility index (Phi) is 4.09. The van der Waals surface area contributed by atoms with Crippen molar-refractivity contribution in [1.82, 2.24) is 0 Å². The molecule has 1 aliphatic heterocycles. The topological polar surface area (TPSA) is 36.9 Å². The Labute approximate surface area is 130 Å². The quantitative estimate of drug-likeness (QED) is 0.837. The fourth-order valence-corrected chi connectivity index (χ4v) is 2.86. The molecule has 0 fully saturated rings. The van der Waals surface area contributed by atoms with Gasteiger partial charge in [0.25, 0.3) is 0 Å². The Balaban J connectivity index is 2.02. The van der Waals surface area contributed by atoms with Gasteiger partial charge < -0.3 is 18.9 Å². The van der Waals surface area contributed by atoms with Crippen LogP contribution in [0.3, 0.4) is 0 Å². The number of rotatable bonds is 5. The first-order valence-corrected chi connectivity index (χ1v) is 7.38. The Morgan fingerprint density at radius 1 is 1.00 bits per heavy atom. The normalized spacial score (nSPS) is 13.8. The molecular weight excluding hydrogens is 280 g/mol. The minimum atomic E-state index is 0.232. The van der Waals surface area contributed by atoms with E-state index in [0.717, 1.165) is 35.0 Å². The molecule has 0 aromatic heterocycles. The zero-order valence-electron chi connectivity index (χ0n) is 13.1. The Morgan fingerprint density at radius 3 is 2.27 bits per heavy atom. The molecule has 2 aromatic rings. The van der Waals surface area contributed by atoms with Crippen LogP contribution in [0.4, 0.5) is 0 Å². The predicted octanol–water partition coefficient (Wildman–Crippen LogP) is 3.97. The highest BCUT2D eigenvalue weighted by molar-refractivity contribution is 5.55. The Morgan fingerprint density at radius 2 is 1.68 bits per heavy atom. The fraction of sp³-hybridized carbons (Fsp3) is 0.333. The molecule has 0 spiro atoms. The first-order chi connectivity index (χ1) is 10.8. The van der Waals surface area contributed by atoms with Crippen LogP contribution in [0.5, 0.6) is 23.0 Å². The molecule has 3 rings (SSSR count). The van der Waals surface area contributed by atoms with E-state index in [-0.39, 0.29) is 12.7 Å². The van der Waals surface area contributed by atoms with Crippen LogP contribution in [-0.4, -0.2) is 21.0 Å². The summed E-state index contributed by atoms with van der Waals surface area (Å²) < 4.78 is 21.7. The number of ether oxygens (including phenoxy) is 4. The largest absolute Gasteiger partial charge is 0.497 e. The van der Waals surface area contributed by atoms with Crippen molar-refractivity contribution in [3.63, 3.8) is 0 Å². The summed E-state index contributed by atoms with van der Waals surface area (Å²) in [4.78, 5) is 0. The van der Waals surface area contributed by atoms with Gasteiger partial charge in [-0.15, -0.1) is 0 Å². The number of hydrogen-bond donors (Lipinski definition) is 0. The maximum atomic E-state index is 5.56. The molecule has 1 atom stereocenters. The molecule has 0 saturated carbocycles. The number of fused-ring (bicyclic) bond motifs is 1. The molecule has 116 valence electrons. The molecule has 0 bridgehead atoms. The lowest BCUT2D eigenvalue weighted by Gasteiger charge is -2.20. The Bertz CT molecular complexity index is 649. The van der Waals surface area contributed by atoms with E-state index in [1.54, 1.807) is 14.2 Å². The molecule has 0 saturated heterocycles. The number of hydrogen-bond acceptors (Lipinski definition) is 4. The average molecular weight is 300 g/mol. The molecule has 0 amide bonds. The lowest BCUT2D eigenvalue weighted by atomic mass is 9.88. The molecule has 0 aliphatic carbocycles. The van der Waals surface area contributed by atoms with Crippen molar-refractivity contribution in [2.24, 2.45) is 0 Å². The number of benzene rings is 2. The summed E-state index contributed by atoms with van der Waals surface area (Å²) in [5.74, 6) is 3.44. The molecule has 0 N–H and O–H groups in total. The van der Waals surface area contributed by atoms with E-state index in [9.17, 15) is 0 Å². The van der Waals surface area contributed by atoms with Crippen molar-refractivity contribution in [1.29, 1.82) is 0 Å². The lowest BCUT2D eigenvalue weighted by Crippen LogP contribution is -2.03. The SMILES string of the molecule is CC[C@@H](c1ccc(OC)cc1)c1cc2c(cc1OC)OCO2.